The predicted octanol–water partition coefficient (Wildman–Crippen LogP) is 3.23. The monoisotopic (exact) mass is 266 g/mol. The van der Waals surface area contributed by atoms with Crippen molar-refractivity contribution in [2.45, 2.75) is 31.2 Å². The second-order valence-electron chi connectivity index (χ2n) is 6.04. The maximum atomic E-state index is 12.8. The molecule has 20 heavy (non-hydrogen) atoms. The summed E-state index contributed by atoms with van der Waals surface area (Å²) in [7, 11) is 1.96. The van der Waals surface area contributed by atoms with E-state index in [-0.39, 0.29) is 11.4 Å². The minimum Gasteiger partial charge on any atom is -0.364 e. The Balaban J connectivity index is 1.83. The summed E-state index contributed by atoms with van der Waals surface area (Å²) >= 11 is 0. The Hall–Kier alpha value is -2.03. The number of benzene rings is 1. The fraction of sp³-hybridized carbons (Fsp3) is 0.353. The number of H-pyrrole nitrogens is 1. The van der Waals surface area contributed by atoms with Gasteiger partial charge in [-0.15, -0.1) is 0 Å². The molecule has 2 aromatic rings. The molecule has 0 bridgehead atoms. The van der Waals surface area contributed by atoms with E-state index < -0.39 is 0 Å². The average Bonchev–Trinajstić information content (AvgIpc) is 2.85. The van der Waals surface area contributed by atoms with Crippen molar-refractivity contribution in [3.8, 4) is 11.1 Å². The van der Waals surface area contributed by atoms with Gasteiger partial charge in [0.25, 0.3) is 5.91 Å². The highest BCUT2D eigenvalue weighted by Crippen LogP contribution is 2.45. The smallest absolute Gasteiger partial charge is 0.256 e. The standard InChI is InChI=1S/C17H18N2O/c1-19-16(20)15-13(12-6-3-2-4-7-12)11-18-14(15)10-17(19)8-5-9-17/h2-4,6-7,11,18H,5,8-10H2,1H3. The number of hydrogen-bond donors (Lipinski definition) is 1. The molecule has 1 aliphatic carbocycles. The van der Waals surface area contributed by atoms with Crippen LogP contribution in [0, 0.1) is 0 Å². The first kappa shape index (κ1) is 11.8. The van der Waals surface area contributed by atoms with Crippen LogP contribution in [0.25, 0.3) is 11.1 Å². The van der Waals surface area contributed by atoms with Crippen LogP contribution in [0.5, 0.6) is 0 Å². The first-order chi connectivity index (χ1) is 9.71. The van der Waals surface area contributed by atoms with Crippen molar-refractivity contribution in [1.82, 2.24) is 9.88 Å². The lowest BCUT2D eigenvalue weighted by atomic mass is 9.70. The van der Waals surface area contributed by atoms with Crippen molar-refractivity contribution >= 4 is 5.91 Å². The summed E-state index contributed by atoms with van der Waals surface area (Å²) in [4.78, 5) is 18.1. The van der Waals surface area contributed by atoms with Gasteiger partial charge in [-0.25, -0.2) is 0 Å². The van der Waals surface area contributed by atoms with Crippen LogP contribution < -0.4 is 0 Å². The summed E-state index contributed by atoms with van der Waals surface area (Å²) in [5.74, 6) is 0.172. The lowest BCUT2D eigenvalue weighted by Gasteiger charge is -2.51. The second-order valence-corrected chi connectivity index (χ2v) is 6.04. The van der Waals surface area contributed by atoms with Gasteiger partial charge < -0.3 is 9.88 Å². The zero-order chi connectivity index (χ0) is 13.7. The Labute approximate surface area is 118 Å². The van der Waals surface area contributed by atoms with Crippen LogP contribution in [-0.2, 0) is 6.42 Å². The second kappa shape index (κ2) is 3.98. The van der Waals surface area contributed by atoms with Gasteiger partial charge in [0, 0.05) is 36.5 Å². The van der Waals surface area contributed by atoms with Gasteiger partial charge in [0.2, 0.25) is 0 Å². The van der Waals surface area contributed by atoms with Crippen LogP contribution in [0.3, 0.4) is 0 Å². The van der Waals surface area contributed by atoms with Gasteiger partial charge in [-0.3, -0.25) is 4.79 Å². The molecule has 0 radical (unpaired) electrons. The molecule has 0 saturated heterocycles. The summed E-state index contributed by atoms with van der Waals surface area (Å²) in [5.41, 5.74) is 4.22. The van der Waals surface area contributed by atoms with Crippen molar-refractivity contribution in [3.63, 3.8) is 0 Å². The number of amides is 1. The fourth-order valence-electron chi connectivity index (χ4n) is 3.62. The maximum absolute atomic E-state index is 12.8. The fourth-order valence-corrected chi connectivity index (χ4v) is 3.62. The highest BCUT2D eigenvalue weighted by molar-refractivity contribution is 6.03. The van der Waals surface area contributed by atoms with Gasteiger partial charge in [0.15, 0.2) is 0 Å². The largest absolute Gasteiger partial charge is 0.364 e. The molecule has 4 rings (SSSR count). The van der Waals surface area contributed by atoms with Crippen molar-refractivity contribution in [2.75, 3.05) is 7.05 Å². The maximum Gasteiger partial charge on any atom is 0.256 e. The number of carbonyl (C=O) groups is 1. The van der Waals surface area contributed by atoms with Gasteiger partial charge in [-0.05, 0) is 24.8 Å². The molecule has 1 aliphatic heterocycles. The topological polar surface area (TPSA) is 36.1 Å². The van der Waals surface area contributed by atoms with Gasteiger partial charge in [-0.2, -0.15) is 0 Å². The van der Waals surface area contributed by atoms with E-state index in [0.29, 0.717) is 0 Å². The van der Waals surface area contributed by atoms with Crippen LogP contribution in [0.15, 0.2) is 36.5 Å². The van der Waals surface area contributed by atoms with Crippen molar-refractivity contribution in [2.24, 2.45) is 0 Å². The third-order valence-electron chi connectivity index (χ3n) is 5.07. The Morgan fingerprint density at radius 2 is 1.95 bits per heavy atom. The number of fused-ring (bicyclic) bond motifs is 1. The molecule has 1 amide bonds. The Bertz CT molecular complexity index is 668. The number of rotatable bonds is 1. The van der Waals surface area contributed by atoms with E-state index >= 15 is 0 Å². The first-order valence-electron chi connectivity index (χ1n) is 7.25. The molecular formula is C17H18N2O. The van der Waals surface area contributed by atoms with E-state index in [4.69, 9.17) is 0 Å². The number of aromatic nitrogens is 1. The molecule has 1 N–H and O–H groups in total. The normalized spacial score (nSPS) is 19.9. The lowest BCUT2D eigenvalue weighted by Crippen LogP contribution is -2.58. The summed E-state index contributed by atoms with van der Waals surface area (Å²) < 4.78 is 0. The van der Waals surface area contributed by atoms with Gasteiger partial charge in [0.1, 0.15) is 0 Å². The number of nitrogens with one attached hydrogen (secondary N) is 1. The molecule has 1 fully saturated rings. The Morgan fingerprint density at radius 1 is 1.20 bits per heavy atom. The van der Waals surface area contributed by atoms with E-state index in [1.54, 1.807) is 0 Å². The van der Waals surface area contributed by atoms with E-state index in [1.807, 2.05) is 36.3 Å². The minimum absolute atomic E-state index is 0.0862. The number of carbonyl (C=O) groups excluding carboxylic acids is 1. The molecule has 0 unspecified atom stereocenters. The van der Waals surface area contributed by atoms with Gasteiger partial charge in [0.05, 0.1) is 5.56 Å². The lowest BCUT2D eigenvalue weighted by molar-refractivity contribution is 0.0223. The molecule has 1 spiro atoms. The third kappa shape index (κ3) is 1.43. The molecule has 2 aliphatic rings. The molecule has 3 nitrogen and oxygen atoms in total. The molecule has 2 heterocycles. The minimum atomic E-state index is 0.0862. The van der Waals surface area contributed by atoms with Crippen LogP contribution in [-0.4, -0.2) is 28.4 Å². The van der Waals surface area contributed by atoms with Crippen LogP contribution in [0.1, 0.15) is 35.3 Å². The van der Waals surface area contributed by atoms with Crippen molar-refractivity contribution in [1.29, 1.82) is 0 Å². The van der Waals surface area contributed by atoms with E-state index in [9.17, 15) is 4.79 Å². The summed E-state index contributed by atoms with van der Waals surface area (Å²) in [6.07, 6.45) is 6.46. The summed E-state index contributed by atoms with van der Waals surface area (Å²) in [6, 6.07) is 10.1. The Kier molecular flexibility index (Phi) is 2.34. The first-order valence-corrected chi connectivity index (χ1v) is 7.25. The molecule has 1 aromatic carbocycles. The van der Waals surface area contributed by atoms with Crippen LogP contribution in [0.4, 0.5) is 0 Å². The highest BCUT2D eigenvalue weighted by Gasteiger charge is 2.48. The SMILES string of the molecule is CN1C(=O)c2c(-c3ccccc3)c[nH]c2CC12CCC2. The number of aromatic amines is 1. The van der Waals surface area contributed by atoms with Crippen LogP contribution >= 0.6 is 0 Å². The third-order valence-corrected chi connectivity index (χ3v) is 5.07. The Morgan fingerprint density at radius 3 is 2.60 bits per heavy atom. The zero-order valence-electron chi connectivity index (χ0n) is 11.6. The average molecular weight is 266 g/mol. The number of hydrogen-bond acceptors (Lipinski definition) is 1. The van der Waals surface area contributed by atoms with Crippen LogP contribution in [0.2, 0.25) is 0 Å². The molecule has 1 saturated carbocycles. The van der Waals surface area contributed by atoms with Gasteiger partial charge >= 0.3 is 0 Å². The number of nitrogens with zero attached hydrogens (tertiary/aromatic N) is 1. The van der Waals surface area contributed by atoms with E-state index in [0.717, 1.165) is 41.6 Å². The highest BCUT2D eigenvalue weighted by atomic mass is 16.2. The quantitative estimate of drug-likeness (QED) is 0.845. The summed E-state index contributed by atoms with van der Waals surface area (Å²) in [6.45, 7) is 0. The summed E-state index contributed by atoms with van der Waals surface area (Å²) in [5, 5.41) is 0. The van der Waals surface area contributed by atoms with Gasteiger partial charge in [-0.1, -0.05) is 30.3 Å². The predicted molar refractivity (Wildman–Crippen MR) is 78.6 cm³/mol. The van der Waals surface area contributed by atoms with E-state index in [2.05, 4.69) is 17.1 Å². The molecule has 102 valence electrons. The molecule has 0 atom stereocenters. The van der Waals surface area contributed by atoms with E-state index in [1.165, 1.54) is 6.42 Å². The molecular weight excluding hydrogens is 248 g/mol. The molecule has 3 heteroatoms. The molecule has 1 aromatic heterocycles. The van der Waals surface area contributed by atoms with Crippen molar-refractivity contribution < 1.29 is 4.79 Å². The van der Waals surface area contributed by atoms with Crippen molar-refractivity contribution in [3.05, 3.63) is 47.8 Å². The number of likely N-dealkylation sites (N-methyl/N-ethyl adjacent to an activating group) is 1. The zero-order valence-corrected chi connectivity index (χ0v) is 11.6.